The van der Waals surface area contributed by atoms with E-state index in [9.17, 15) is 4.79 Å². The molecule has 0 atom stereocenters. The summed E-state index contributed by atoms with van der Waals surface area (Å²) >= 11 is 0. The molecule has 1 aromatic heterocycles. The van der Waals surface area contributed by atoms with Crippen LogP contribution in [0.25, 0.3) is 0 Å². The molecular formula is C23H32N6O2. The normalized spacial score (nSPS) is 17.7. The van der Waals surface area contributed by atoms with Crippen molar-refractivity contribution in [3.63, 3.8) is 0 Å². The summed E-state index contributed by atoms with van der Waals surface area (Å²) in [6.45, 7) is 8.98. The van der Waals surface area contributed by atoms with Gasteiger partial charge in [0.1, 0.15) is 11.6 Å². The Kier molecular flexibility index (Phi) is 6.56. The lowest BCUT2D eigenvalue weighted by atomic mass is 10.1. The monoisotopic (exact) mass is 424 g/mol. The van der Waals surface area contributed by atoms with Gasteiger partial charge in [0.25, 0.3) is 0 Å². The van der Waals surface area contributed by atoms with E-state index < -0.39 is 0 Å². The summed E-state index contributed by atoms with van der Waals surface area (Å²) in [5.74, 6) is 2.75. The average Bonchev–Trinajstić information content (AvgIpc) is 2.80. The third-order valence-corrected chi connectivity index (χ3v) is 6.09. The van der Waals surface area contributed by atoms with Gasteiger partial charge in [0.15, 0.2) is 0 Å². The van der Waals surface area contributed by atoms with Gasteiger partial charge in [-0.15, -0.1) is 0 Å². The minimum atomic E-state index is 0.160. The average molecular weight is 425 g/mol. The minimum Gasteiger partial charge on any atom is -0.497 e. The summed E-state index contributed by atoms with van der Waals surface area (Å²) in [5.41, 5.74) is 1.99. The maximum absolute atomic E-state index is 12.7. The first-order valence-electron chi connectivity index (χ1n) is 11.0. The molecule has 2 aliphatic heterocycles. The number of likely N-dealkylation sites (N-methyl/N-ethyl adjacent to an activating group) is 1. The molecule has 0 unspecified atom stereocenters. The zero-order valence-corrected chi connectivity index (χ0v) is 18.8. The topological polar surface area (TPSA) is 65.0 Å². The Bertz CT molecular complexity index is 887. The maximum atomic E-state index is 12.7. The number of amides is 1. The van der Waals surface area contributed by atoms with Crippen molar-refractivity contribution in [2.75, 3.05) is 76.3 Å². The van der Waals surface area contributed by atoms with E-state index in [1.165, 1.54) is 0 Å². The second-order valence-corrected chi connectivity index (χ2v) is 8.35. The fraction of sp³-hybridized carbons (Fsp3) is 0.522. The van der Waals surface area contributed by atoms with Crippen molar-refractivity contribution in [3.8, 4) is 5.75 Å². The van der Waals surface area contributed by atoms with E-state index in [1.807, 2.05) is 36.1 Å². The molecule has 166 valence electrons. The Labute approximate surface area is 184 Å². The van der Waals surface area contributed by atoms with Crippen LogP contribution in [-0.2, 0) is 11.2 Å². The van der Waals surface area contributed by atoms with Gasteiger partial charge in [0, 0.05) is 64.1 Å². The highest BCUT2D eigenvalue weighted by atomic mass is 16.5. The number of aromatic nitrogens is 2. The van der Waals surface area contributed by atoms with E-state index in [1.54, 1.807) is 7.11 Å². The SMILES string of the molecule is COc1ccc(CC(=O)N2CCN(c3nc(C)cc(N4CCN(C)CC4)n3)CC2)cc1. The third-order valence-electron chi connectivity index (χ3n) is 6.09. The molecule has 3 heterocycles. The Hall–Kier alpha value is -2.87. The second-order valence-electron chi connectivity index (χ2n) is 8.35. The highest BCUT2D eigenvalue weighted by Gasteiger charge is 2.24. The van der Waals surface area contributed by atoms with Crippen LogP contribution < -0.4 is 14.5 Å². The highest BCUT2D eigenvalue weighted by Crippen LogP contribution is 2.20. The molecule has 1 amide bonds. The Morgan fingerprint density at radius 2 is 1.58 bits per heavy atom. The van der Waals surface area contributed by atoms with Crippen LogP contribution >= 0.6 is 0 Å². The number of benzene rings is 1. The Morgan fingerprint density at radius 1 is 0.935 bits per heavy atom. The van der Waals surface area contributed by atoms with Crippen molar-refractivity contribution in [1.29, 1.82) is 0 Å². The number of nitrogens with zero attached hydrogens (tertiary/aromatic N) is 6. The largest absolute Gasteiger partial charge is 0.497 e. The van der Waals surface area contributed by atoms with Crippen molar-refractivity contribution in [1.82, 2.24) is 19.8 Å². The molecule has 0 aliphatic carbocycles. The van der Waals surface area contributed by atoms with E-state index in [0.717, 1.165) is 68.0 Å². The zero-order chi connectivity index (χ0) is 21.8. The number of aryl methyl sites for hydroxylation is 1. The van der Waals surface area contributed by atoms with Crippen molar-refractivity contribution < 1.29 is 9.53 Å². The van der Waals surface area contributed by atoms with E-state index in [0.29, 0.717) is 19.5 Å². The molecule has 0 spiro atoms. The fourth-order valence-electron chi connectivity index (χ4n) is 4.06. The standard InChI is InChI=1S/C23H32N6O2/c1-18-16-21(27-10-8-26(2)9-11-27)25-23(24-18)29-14-12-28(13-15-29)22(30)17-19-4-6-20(31-3)7-5-19/h4-7,16H,8-15,17H2,1-3H3. The molecular weight excluding hydrogens is 392 g/mol. The number of piperazine rings is 2. The van der Waals surface area contributed by atoms with Gasteiger partial charge in [-0.2, -0.15) is 4.98 Å². The van der Waals surface area contributed by atoms with Crippen molar-refractivity contribution in [3.05, 3.63) is 41.6 Å². The third kappa shape index (κ3) is 5.25. The zero-order valence-electron chi connectivity index (χ0n) is 18.8. The van der Waals surface area contributed by atoms with E-state index in [2.05, 4.69) is 32.8 Å². The van der Waals surface area contributed by atoms with Crippen molar-refractivity contribution in [2.45, 2.75) is 13.3 Å². The lowest BCUT2D eigenvalue weighted by Crippen LogP contribution is -2.50. The molecule has 0 N–H and O–H groups in total. The minimum absolute atomic E-state index is 0.160. The van der Waals surface area contributed by atoms with Gasteiger partial charge < -0.3 is 24.3 Å². The van der Waals surface area contributed by atoms with Gasteiger partial charge in [0.05, 0.1) is 13.5 Å². The van der Waals surface area contributed by atoms with Crippen LogP contribution in [0.5, 0.6) is 5.75 Å². The summed E-state index contributed by atoms with van der Waals surface area (Å²) in [7, 11) is 3.80. The number of anilines is 2. The summed E-state index contributed by atoms with van der Waals surface area (Å²) in [5, 5.41) is 0. The van der Waals surface area contributed by atoms with E-state index in [-0.39, 0.29) is 5.91 Å². The van der Waals surface area contributed by atoms with Crippen LogP contribution in [0.4, 0.5) is 11.8 Å². The number of carbonyl (C=O) groups is 1. The van der Waals surface area contributed by atoms with Crippen LogP contribution in [0.1, 0.15) is 11.3 Å². The van der Waals surface area contributed by atoms with E-state index >= 15 is 0 Å². The Balaban J connectivity index is 1.35. The van der Waals surface area contributed by atoms with Gasteiger partial charge in [-0.1, -0.05) is 12.1 Å². The summed E-state index contributed by atoms with van der Waals surface area (Å²) in [4.78, 5) is 31.1. The summed E-state index contributed by atoms with van der Waals surface area (Å²) < 4.78 is 5.19. The van der Waals surface area contributed by atoms with Crippen molar-refractivity contribution in [2.24, 2.45) is 0 Å². The van der Waals surface area contributed by atoms with Crippen LogP contribution in [0.15, 0.2) is 30.3 Å². The molecule has 0 saturated carbocycles. The number of hydrogen-bond donors (Lipinski definition) is 0. The lowest BCUT2D eigenvalue weighted by molar-refractivity contribution is -0.130. The molecule has 0 radical (unpaired) electrons. The number of ether oxygens (including phenoxy) is 1. The first kappa shape index (κ1) is 21.4. The molecule has 8 nitrogen and oxygen atoms in total. The molecule has 1 aromatic carbocycles. The van der Waals surface area contributed by atoms with Gasteiger partial charge in [-0.3, -0.25) is 4.79 Å². The molecule has 8 heteroatoms. The quantitative estimate of drug-likeness (QED) is 0.720. The molecule has 2 aliphatic rings. The van der Waals surface area contributed by atoms with Crippen molar-refractivity contribution >= 4 is 17.7 Å². The molecule has 0 bridgehead atoms. The molecule has 2 fully saturated rings. The second kappa shape index (κ2) is 9.51. The number of rotatable bonds is 5. The molecule has 4 rings (SSSR count). The van der Waals surface area contributed by atoms with Gasteiger partial charge in [0.2, 0.25) is 11.9 Å². The van der Waals surface area contributed by atoms with Crippen LogP contribution in [-0.4, -0.2) is 92.2 Å². The van der Waals surface area contributed by atoms with Crippen LogP contribution in [0, 0.1) is 6.92 Å². The summed E-state index contributed by atoms with van der Waals surface area (Å²) in [6, 6.07) is 9.77. The number of carbonyl (C=O) groups excluding carboxylic acids is 1. The van der Waals surface area contributed by atoms with E-state index in [4.69, 9.17) is 9.72 Å². The highest BCUT2D eigenvalue weighted by molar-refractivity contribution is 5.79. The predicted molar refractivity (Wildman–Crippen MR) is 122 cm³/mol. The maximum Gasteiger partial charge on any atom is 0.227 e. The molecule has 2 aromatic rings. The first-order valence-corrected chi connectivity index (χ1v) is 11.0. The van der Waals surface area contributed by atoms with Gasteiger partial charge >= 0.3 is 0 Å². The predicted octanol–water partition coefficient (Wildman–Crippen LogP) is 1.44. The number of methoxy groups -OCH3 is 1. The summed E-state index contributed by atoms with van der Waals surface area (Å²) in [6.07, 6.45) is 0.415. The first-order chi connectivity index (χ1) is 15.0. The van der Waals surface area contributed by atoms with Gasteiger partial charge in [-0.25, -0.2) is 4.98 Å². The number of hydrogen-bond acceptors (Lipinski definition) is 7. The Morgan fingerprint density at radius 3 is 2.23 bits per heavy atom. The van der Waals surface area contributed by atoms with Crippen LogP contribution in [0.2, 0.25) is 0 Å². The smallest absolute Gasteiger partial charge is 0.227 e. The van der Waals surface area contributed by atoms with Crippen LogP contribution in [0.3, 0.4) is 0 Å². The lowest BCUT2D eigenvalue weighted by Gasteiger charge is -2.36. The fourth-order valence-corrected chi connectivity index (χ4v) is 4.06. The van der Waals surface area contributed by atoms with Gasteiger partial charge in [-0.05, 0) is 31.7 Å². The molecule has 31 heavy (non-hydrogen) atoms. The molecule has 2 saturated heterocycles.